The molecule has 0 aliphatic carbocycles. The van der Waals surface area contributed by atoms with E-state index in [9.17, 15) is 17.6 Å². The number of nitriles is 1. The highest BCUT2D eigenvalue weighted by molar-refractivity contribution is 6.69. The second kappa shape index (κ2) is 5.31. The maximum Gasteiger partial charge on any atom is 0.416 e. The van der Waals surface area contributed by atoms with E-state index >= 15 is 0 Å². The maximum absolute atomic E-state index is 13.6. The molecule has 1 aromatic carbocycles. The van der Waals surface area contributed by atoms with E-state index in [1.807, 2.05) is 0 Å². The molecule has 2 nitrogen and oxygen atoms in total. The Morgan fingerprint density at radius 2 is 1.84 bits per heavy atom. The molecule has 0 aliphatic rings. The van der Waals surface area contributed by atoms with Crippen LogP contribution in [0.4, 0.5) is 17.6 Å². The molecule has 0 saturated carbocycles. The van der Waals surface area contributed by atoms with Crippen LogP contribution in [-0.4, -0.2) is 8.32 Å². The van der Waals surface area contributed by atoms with Gasteiger partial charge in [0.25, 0.3) is 0 Å². The summed E-state index contributed by atoms with van der Waals surface area (Å²) in [4.78, 5) is 0. The summed E-state index contributed by atoms with van der Waals surface area (Å²) in [7, 11) is -2.18. The molecule has 1 aromatic rings. The van der Waals surface area contributed by atoms with Gasteiger partial charge in [0.15, 0.2) is 14.4 Å². The molecule has 0 saturated heterocycles. The molecule has 19 heavy (non-hydrogen) atoms. The predicted octanol–water partition coefficient (Wildman–Crippen LogP) is 4.26. The van der Waals surface area contributed by atoms with Crippen molar-refractivity contribution in [2.45, 2.75) is 31.9 Å². The van der Waals surface area contributed by atoms with Crippen molar-refractivity contribution in [1.29, 1.82) is 5.26 Å². The SMILES string of the molecule is C[Si](C)(C)OC(C#N)c1cc(C(F)(F)F)ccc1F. The fourth-order valence-corrected chi connectivity index (χ4v) is 2.32. The second-order valence-corrected chi connectivity index (χ2v) is 9.43. The van der Waals surface area contributed by atoms with Crippen molar-refractivity contribution >= 4 is 8.32 Å². The van der Waals surface area contributed by atoms with Crippen molar-refractivity contribution in [1.82, 2.24) is 0 Å². The van der Waals surface area contributed by atoms with Gasteiger partial charge in [-0.2, -0.15) is 18.4 Å². The number of hydrogen-bond donors (Lipinski definition) is 0. The summed E-state index contributed by atoms with van der Waals surface area (Å²) in [6, 6.07) is 3.67. The lowest BCUT2D eigenvalue weighted by Gasteiger charge is -2.22. The summed E-state index contributed by atoms with van der Waals surface area (Å²) in [5.41, 5.74) is -1.37. The fraction of sp³-hybridized carbons (Fsp3) is 0.417. The van der Waals surface area contributed by atoms with Gasteiger partial charge in [0, 0.05) is 5.56 Å². The Balaban J connectivity index is 3.21. The van der Waals surface area contributed by atoms with Gasteiger partial charge < -0.3 is 4.43 Å². The van der Waals surface area contributed by atoms with Gasteiger partial charge in [-0.3, -0.25) is 0 Å². The summed E-state index contributed by atoms with van der Waals surface area (Å²) in [5, 5.41) is 8.96. The van der Waals surface area contributed by atoms with Crippen molar-refractivity contribution in [3.8, 4) is 6.07 Å². The van der Waals surface area contributed by atoms with E-state index in [2.05, 4.69) is 0 Å². The standard InChI is InChI=1S/C12H13F4NOSi/c1-19(2,3)18-11(7-17)9-6-8(12(14,15)16)4-5-10(9)13/h4-6,11H,1-3H3. The highest BCUT2D eigenvalue weighted by Crippen LogP contribution is 2.33. The van der Waals surface area contributed by atoms with Crippen molar-refractivity contribution in [2.24, 2.45) is 0 Å². The Bertz CT molecular complexity index is 502. The van der Waals surface area contributed by atoms with Crippen LogP contribution in [0.5, 0.6) is 0 Å². The summed E-state index contributed by atoms with van der Waals surface area (Å²) in [6.45, 7) is 5.30. The lowest BCUT2D eigenvalue weighted by Crippen LogP contribution is -2.28. The first-order valence-electron chi connectivity index (χ1n) is 5.48. The van der Waals surface area contributed by atoms with Crippen LogP contribution < -0.4 is 0 Å². The Morgan fingerprint density at radius 3 is 2.26 bits per heavy atom. The zero-order chi connectivity index (χ0) is 14.8. The van der Waals surface area contributed by atoms with E-state index in [1.54, 1.807) is 25.7 Å². The summed E-state index contributed by atoms with van der Waals surface area (Å²) in [6.07, 6.45) is -5.91. The molecule has 0 aliphatic heterocycles. The van der Waals surface area contributed by atoms with E-state index in [1.165, 1.54) is 0 Å². The Kier molecular flexibility index (Phi) is 4.38. The lowest BCUT2D eigenvalue weighted by molar-refractivity contribution is -0.137. The third-order valence-corrected chi connectivity index (χ3v) is 3.14. The summed E-state index contributed by atoms with van der Waals surface area (Å²) in [5.74, 6) is -0.877. The van der Waals surface area contributed by atoms with Gasteiger partial charge >= 0.3 is 6.18 Å². The number of hydrogen-bond acceptors (Lipinski definition) is 2. The van der Waals surface area contributed by atoms with Crippen LogP contribution in [-0.2, 0) is 10.6 Å². The number of rotatable bonds is 3. The molecule has 0 amide bonds. The maximum atomic E-state index is 13.6. The minimum Gasteiger partial charge on any atom is -0.399 e. The first-order valence-corrected chi connectivity index (χ1v) is 8.89. The average molecular weight is 291 g/mol. The quantitative estimate of drug-likeness (QED) is 0.615. The van der Waals surface area contributed by atoms with E-state index < -0.39 is 32.0 Å². The molecule has 0 N–H and O–H groups in total. The molecule has 1 rings (SSSR count). The van der Waals surface area contributed by atoms with E-state index in [4.69, 9.17) is 9.69 Å². The first-order chi connectivity index (χ1) is 8.54. The van der Waals surface area contributed by atoms with E-state index in [-0.39, 0.29) is 5.56 Å². The normalized spacial score (nSPS) is 14.0. The molecule has 1 unspecified atom stereocenters. The molecule has 104 valence electrons. The minimum atomic E-state index is -4.58. The number of benzene rings is 1. The molecular formula is C12H13F4NOSi. The summed E-state index contributed by atoms with van der Waals surface area (Å²) >= 11 is 0. The molecule has 7 heteroatoms. The highest BCUT2D eigenvalue weighted by Gasteiger charge is 2.33. The topological polar surface area (TPSA) is 33.0 Å². The third kappa shape index (κ3) is 4.33. The van der Waals surface area contributed by atoms with Gasteiger partial charge in [0.2, 0.25) is 0 Å². The van der Waals surface area contributed by atoms with Crippen LogP contribution in [0.2, 0.25) is 19.6 Å². The Hall–Kier alpha value is -1.39. The zero-order valence-corrected chi connectivity index (χ0v) is 11.7. The molecule has 0 radical (unpaired) electrons. The first kappa shape index (κ1) is 15.7. The smallest absolute Gasteiger partial charge is 0.399 e. The Morgan fingerprint density at radius 1 is 1.26 bits per heavy atom. The number of halogens is 4. The molecule has 1 atom stereocenters. The average Bonchev–Trinajstić information content (AvgIpc) is 2.24. The van der Waals surface area contributed by atoms with Gasteiger partial charge in [-0.15, -0.1) is 0 Å². The highest BCUT2D eigenvalue weighted by atomic mass is 28.4. The third-order valence-electron chi connectivity index (χ3n) is 2.19. The van der Waals surface area contributed by atoms with Crippen LogP contribution in [0.1, 0.15) is 17.2 Å². The van der Waals surface area contributed by atoms with Crippen LogP contribution in [0, 0.1) is 17.1 Å². The lowest BCUT2D eigenvalue weighted by atomic mass is 10.1. The van der Waals surface area contributed by atoms with Gasteiger partial charge in [-0.25, -0.2) is 4.39 Å². The largest absolute Gasteiger partial charge is 0.416 e. The monoisotopic (exact) mass is 291 g/mol. The van der Waals surface area contributed by atoms with E-state index in [0.717, 1.165) is 0 Å². The van der Waals surface area contributed by atoms with Crippen LogP contribution >= 0.6 is 0 Å². The molecule has 0 aromatic heterocycles. The van der Waals surface area contributed by atoms with Crippen LogP contribution in [0.25, 0.3) is 0 Å². The predicted molar refractivity (Wildman–Crippen MR) is 64.2 cm³/mol. The second-order valence-electron chi connectivity index (χ2n) is 4.97. The minimum absolute atomic E-state index is 0.375. The number of nitrogens with zero attached hydrogens (tertiary/aromatic N) is 1. The van der Waals surface area contributed by atoms with Gasteiger partial charge in [-0.05, 0) is 37.8 Å². The van der Waals surface area contributed by atoms with Gasteiger partial charge in [0.1, 0.15) is 5.82 Å². The Labute approximate surface area is 109 Å². The van der Waals surface area contributed by atoms with Gasteiger partial charge in [-0.1, -0.05) is 0 Å². The van der Waals surface area contributed by atoms with Crippen molar-refractivity contribution in [3.63, 3.8) is 0 Å². The summed E-state index contributed by atoms with van der Waals surface area (Å²) < 4.78 is 56.7. The zero-order valence-electron chi connectivity index (χ0n) is 10.7. The molecule has 0 bridgehead atoms. The van der Waals surface area contributed by atoms with Crippen molar-refractivity contribution < 1.29 is 22.0 Å². The van der Waals surface area contributed by atoms with E-state index in [0.29, 0.717) is 18.2 Å². The molecule has 0 heterocycles. The van der Waals surface area contributed by atoms with Crippen LogP contribution in [0.15, 0.2) is 18.2 Å². The molecular weight excluding hydrogens is 278 g/mol. The molecule has 0 spiro atoms. The van der Waals surface area contributed by atoms with Crippen LogP contribution in [0.3, 0.4) is 0 Å². The molecule has 0 fully saturated rings. The number of alkyl halides is 3. The fourth-order valence-electron chi connectivity index (χ4n) is 1.43. The van der Waals surface area contributed by atoms with Gasteiger partial charge in [0.05, 0.1) is 11.6 Å². The van der Waals surface area contributed by atoms with Crippen molar-refractivity contribution in [3.05, 3.63) is 35.1 Å². The van der Waals surface area contributed by atoms with Crippen molar-refractivity contribution in [2.75, 3.05) is 0 Å².